The van der Waals surface area contributed by atoms with Gasteiger partial charge in [-0.25, -0.2) is 9.97 Å². The molecule has 0 atom stereocenters. The van der Waals surface area contributed by atoms with Crippen molar-refractivity contribution in [2.75, 3.05) is 0 Å². The predicted molar refractivity (Wildman–Crippen MR) is 88.4 cm³/mol. The molecule has 2 aromatic heterocycles. The summed E-state index contributed by atoms with van der Waals surface area (Å²) >= 11 is 0. The van der Waals surface area contributed by atoms with Crippen LogP contribution in [0.4, 0.5) is 13.2 Å². The number of hydrogen-bond donors (Lipinski definition) is 0. The minimum Gasteiger partial charge on any atom is -0.437 e. The van der Waals surface area contributed by atoms with E-state index in [1.165, 1.54) is 6.07 Å². The Balaban J connectivity index is 1.94. The fraction of sp³-hybridized carbons (Fsp3) is 0.158. The molecule has 128 valence electrons. The molecule has 3 rings (SSSR count). The van der Waals surface area contributed by atoms with Crippen LogP contribution in [-0.2, 0) is 12.6 Å². The van der Waals surface area contributed by atoms with Gasteiger partial charge >= 0.3 is 6.18 Å². The summed E-state index contributed by atoms with van der Waals surface area (Å²) in [6.07, 6.45) is -1.01. The molecule has 0 aliphatic rings. The lowest BCUT2D eigenvalue weighted by molar-refractivity contribution is -0.141. The average Bonchev–Trinajstić information content (AvgIpc) is 2.62. The van der Waals surface area contributed by atoms with Crippen molar-refractivity contribution in [2.45, 2.75) is 19.5 Å². The number of benzene rings is 1. The molecule has 2 heterocycles. The highest BCUT2D eigenvalue weighted by Gasteiger charge is 2.32. The highest BCUT2D eigenvalue weighted by atomic mass is 19.4. The predicted octanol–water partition coefficient (Wildman–Crippen LogP) is 5.52. The maximum absolute atomic E-state index is 12.6. The van der Waals surface area contributed by atoms with Crippen molar-refractivity contribution in [1.29, 1.82) is 0 Å². The van der Waals surface area contributed by atoms with Gasteiger partial charge in [0.25, 0.3) is 0 Å². The highest BCUT2D eigenvalue weighted by molar-refractivity contribution is 5.72. The molecule has 0 unspecified atom stereocenters. The minimum atomic E-state index is -4.48. The summed E-state index contributed by atoms with van der Waals surface area (Å²) < 4.78 is 43.5. The van der Waals surface area contributed by atoms with E-state index in [0.29, 0.717) is 5.88 Å². The van der Waals surface area contributed by atoms with Crippen molar-refractivity contribution in [1.82, 2.24) is 9.97 Å². The van der Waals surface area contributed by atoms with Gasteiger partial charge < -0.3 is 4.74 Å². The molecule has 0 fully saturated rings. The summed E-state index contributed by atoms with van der Waals surface area (Å²) in [6, 6.07) is 13.6. The van der Waals surface area contributed by atoms with Gasteiger partial charge in [-0.1, -0.05) is 31.2 Å². The summed E-state index contributed by atoms with van der Waals surface area (Å²) in [5, 5.41) is 0. The number of aryl methyl sites for hydroxylation is 1. The van der Waals surface area contributed by atoms with E-state index >= 15 is 0 Å². The topological polar surface area (TPSA) is 35.0 Å². The highest BCUT2D eigenvalue weighted by Crippen LogP contribution is 2.34. The Labute approximate surface area is 143 Å². The standard InChI is InChI=1S/C19H15F3N2O/c1-2-13-6-3-4-7-15(13)16-8-5-11-23-18(16)25-14-9-10-17(24-12-14)19(20,21)22/h3-12H,2H2,1H3. The Hall–Kier alpha value is -2.89. The maximum atomic E-state index is 12.6. The molecule has 25 heavy (non-hydrogen) atoms. The number of hydrogen-bond acceptors (Lipinski definition) is 3. The van der Waals surface area contributed by atoms with Crippen LogP contribution in [0.15, 0.2) is 60.9 Å². The van der Waals surface area contributed by atoms with Gasteiger partial charge in [0, 0.05) is 11.8 Å². The Morgan fingerprint density at radius 3 is 2.36 bits per heavy atom. The lowest BCUT2D eigenvalue weighted by atomic mass is 9.99. The van der Waals surface area contributed by atoms with Gasteiger partial charge in [0.2, 0.25) is 5.88 Å². The average molecular weight is 344 g/mol. The molecule has 3 nitrogen and oxygen atoms in total. The number of pyridine rings is 2. The van der Waals surface area contributed by atoms with Gasteiger partial charge in [0.05, 0.1) is 6.20 Å². The van der Waals surface area contributed by atoms with E-state index in [1.807, 2.05) is 30.3 Å². The first-order valence-electron chi connectivity index (χ1n) is 7.73. The molecule has 0 bridgehead atoms. The fourth-order valence-corrected chi connectivity index (χ4v) is 2.49. The van der Waals surface area contributed by atoms with Crippen molar-refractivity contribution in [3.05, 3.63) is 72.2 Å². The Morgan fingerprint density at radius 2 is 1.68 bits per heavy atom. The van der Waals surface area contributed by atoms with Crippen LogP contribution in [0.5, 0.6) is 11.6 Å². The van der Waals surface area contributed by atoms with Crippen LogP contribution in [0, 0.1) is 0 Å². The van der Waals surface area contributed by atoms with E-state index in [2.05, 4.69) is 16.9 Å². The molecular formula is C19H15F3N2O. The van der Waals surface area contributed by atoms with Gasteiger partial charge in [-0.2, -0.15) is 13.2 Å². The third kappa shape index (κ3) is 3.79. The van der Waals surface area contributed by atoms with Crippen LogP contribution in [0.1, 0.15) is 18.2 Å². The summed E-state index contributed by atoms with van der Waals surface area (Å²) in [7, 11) is 0. The van der Waals surface area contributed by atoms with Crippen molar-refractivity contribution < 1.29 is 17.9 Å². The summed E-state index contributed by atoms with van der Waals surface area (Å²) in [5.74, 6) is 0.520. The number of ether oxygens (including phenoxy) is 1. The Morgan fingerprint density at radius 1 is 0.920 bits per heavy atom. The van der Waals surface area contributed by atoms with E-state index in [1.54, 1.807) is 12.3 Å². The van der Waals surface area contributed by atoms with Crippen LogP contribution >= 0.6 is 0 Å². The molecule has 0 aliphatic heterocycles. The maximum Gasteiger partial charge on any atom is 0.433 e. The number of rotatable bonds is 4. The zero-order valence-corrected chi connectivity index (χ0v) is 13.4. The molecular weight excluding hydrogens is 329 g/mol. The quantitative estimate of drug-likeness (QED) is 0.625. The van der Waals surface area contributed by atoms with Crippen molar-refractivity contribution in [3.63, 3.8) is 0 Å². The van der Waals surface area contributed by atoms with E-state index in [9.17, 15) is 13.2 Å². The molecule has 0 radical (unpaired) electrons. The first-order chi connectivity index (χ1) is 12.0. The first kappa shape index (κ1) is 17.0. The number of nitrogens with zero attached hydrogens (tertiary/aromatic N) is 2. The van der Waals surface area contributed by atoms with Crippen LogP contribution in [0.3, 0.4) is 0 Å². The Kier molecular flexibility index (Phi) is 4.70. The van der Waals surface area contributed by atoms with Crippen LogP contribution in [0.25, 0.3) is 11.1 Å². The number of alkyl halides is 3. The molecule has 0 amide bonds. The third-order valence-corrected chi connectivity index (χ3v) is 3.70. The molecule has 6 heteroatoms. The second kappa shape index (κ2) is 6.93. The number of aromatic nitrogens is 2. The molecule has 0 saturated carbocycles. The van der Waals surface area contributed by atoms with Crippen LogP contribution in [-0.4, -0.2) is 9.97 Å². The van der Waals surface area contributed by atoms with Crippen molar-refractivity contribution >= 4 is 0 Å². The van der Waals surface area contributed by atoms with Gasteiger partial charge in [-0.05, 0) is 41.8 Å². The summed E-state index contributed by atoms with van der Waals surface area (Å²) in [6.45, 7) is 2.05. The molecule has 3 aromatic rings. The second-order valence-corrected chi connectivity index (χ2v) is 5.35. The van der Waals surface area contributed by atoms with Crippen molar-refractivity contribution in [2.24, 2.45) is 0 Å². The van der Waals surface area contributed by atoms with E-state index in [-0.39, 0.29) is 5.75 Å². The van der Waals surface area contributed by atoms with Gasteiger partial charge in [-0.3, -0.25) is 0 Å². The van der Waals surface area contributed by atoms with Crippen molar-refractivity contribution in [3.8, 4) is 22.8 Å². The van der Waals surface area contributed by atoms with E-state index in [4.69, 9.17) is 4.74 Å². The second-order valence-electron chi connectivity index (χ2n) is 5.35. The SMILES string of the molecule is CCc1ccccc1-c1cccnc1Oc1ccc(C(F)(F)F)nc1. The summed E-state index contributed by atoms with van der Waals surface area (Å²) in [5.41, 5.74) is 1.93. The zero-order chi connectivity index (χ0) is 17.9. The molecule has 0 spiro atoms. The zero-order valence-electron chi connectivity index (χ0n) is 13.4. The molecule has 0 aliphatic carbocycles. The first-order valence-corrected chi connectivity index (χ1v) is 7.73. The number of halogens is 3. The Bertz CT molecular complexity index is 861. The lowest BCUT2D eigenvalue weighted by Crippen LogP contribution is -2.07. The fourth-order valence-electron chi connectivity index (χ4n) is 2.49. The molecule has 1 aromatic carbocycles. The monoisotopic (exact) mass is 344 g/mol. The largest absolute Gasteiger partial charge is 0.437 e. The molecule has 0 saturated heterocycles. The van der Waals surface area contributed by atoms with Gasteiger partial charge in [-0.15, -0.1) is 0 Å². The normalized spacial score (nSPS) is 11.4. The van der Waals surface area contributed by atoms with Gasteiger partial charge in [0.1, 0.15) is 11.4 Å². The smallest absolute Gasteiger partial charge is 0.433 e. The van der Waals surface area contributed by atoms with Gasteiger partial charge in [0.15, 0.2) is 0 Å². The summed E-state index contributed by atoms with van der Waals surface area (Å²) in [4.78, 5) is 7.63. The van der Waals surface area contributed by atoms with Crippen LogP contribution < -0.4 is 4.74 Å². The lowest BCUT2D eigenvalue weighted by Gasteiger charge is -2.13. The molecule has 0 N–H and O–H groups in total. The van der Waals surface area contributed by atoms with E-state index in [0.717, 1.165) is 35.4 Å². The minimum absolute atomic E-state index is 0.196. The van der Waals surface area contributed by atoms with E-state index < -0.39 is 11.9 Å². The van der Waals surface area contributed by atoms with Crippen LogP contribution in [0.2, 0.25) is 0 Å². The third-order valence-electron chi connectivity index (χ3n) is 3.70.